The molecule has 2 heterocycles. The van der Waals surface area contributed by atoms with Gasteiger partial charge in [0.15, 0.2) is 0 Å². The van der Waals surface area contributed by atoms with Crippen LogP contribution in [0.5, 0.6) is 0 Å². The minimum atomic E-state index is -0.850. The molecule has 100 valence electrons. The van der Waals surface area contributed by atoms with Crippen molar-refractivity contribution < 1.29 is 5.11 Å². The Hall–Kier alpha value is -1.75. The van der Waals surface area contributed by atoms with E-state index in [1.807, 2.05) is 6.92 Å². The van der Waals surface area contributed by atoms with Gasteiger partial charge in [0.2, 0.25) is 0 Å². The lowest BCUT2D eigenvalue weighted by atomic mass is 9.99. The highest BCUT2D eigenvalue weighted by Gasteiger charge is 2.39. The first kappa shape index (κ1) is 12.3. The number of pyridine rings is 1. The van der Waals surface area contributed by atoms with Crippen LogP contribution in [0.15, 0.2) is 23.4 Å². The van der Waals surface area contributed by atoms with Gasteiger partial charge in [0.25, 0.3) is 5.56 Å². The van der Waals surface area contributed by atoms with Crippen molar-refractivity contribution in [2.45, 2.75) is 44.8 Å². The van der Waals surface area contributed by atoms with Gasteiger partial charge in [-0.05, 0) is 38.7 Å². The van der Waals surface area contributed by atoms with Crippen LogP contribution in [-0.4, -0.2) is 25.2 Å². The summed E-state index contributed by atoms with van der Waals surface area (Å²) in [5.41, 5.74) is 0.536. The van der Waals surface area contributed by atoms with Crippen molar-refractivity contribution in [3.05, 3.63) is 34.5 Å². The Bertz CT molecular complexity index is 691. The normalized spacial score (nSPS) is 27.0. The first-order chi connectivity index (χ1) is 9.00. The average Bonchev–Trinajstić information content (AvgIpc) is 2.69. The number of aliphatic hydroxyl groups is 1. The van der Waals surface area contributed by atoms with Crippen LogP contribution in [0.4, 0.5) is 0 Å². The van der Waals surface area contributed by atoms with Crippen molar-refractivity contribution in [1.82, 2.24) is 14.5 Å². The maximum Gasteiger partial charge on any atom is 0.252 e. The van der Waals surface area contributed by atoms with Gasteiger partial charge in [-0.15, -0.1) is 0 Å². The highest BCUT2D eigenvalue weighted by Crippen LogP contribution is 2.39. The second-order valence-electron chi connectivity index (χ2n) is 5.56. The molecule has 0 amide bonds. The van der Waals surface area contributed by atoms with Gasteiger partial charge >= 0.3 is 0 Å². The van der Waals surface area contributed by atoms with Gasteiger partial charge in [-0.1, -0.05) is 0 Å². The molecule has 3 rings (SSSR count). The molecule has 19 heavy (non-hydrogen) atoms. The Morgan fingerprint density at radius 1 is 1.53 bits per heavy atom. The van der Waals surface area contributed by atoms with E-state index in [1.54, 1.807) is 23.8 Å². The maximum absolute atomic E-state index is 12.3. The zero-order valence-electron chi connectivity index (χ0n) is 11.1. The summed E-state index contributed by atoms with van der Waals surface area (Å²) in [4.78, 5) is 20.6. The zero-order chi connectivity index (χ0) is 13.6. The Morgan fingerprint density at radius 2 is 2.32 bits per heavy atom. The molecule has 5 heteroatoms. The monoisotopic (exact) mass is 259 g/mol. The van der Waals surface area contributed by atoms with Gasteiger partial charge < -0.3 is 5.11 Å². The molecule has 0 radical (unpaired) electrons. The summed E-state index contributed by atoms with van der Waals surface area (Å²) in [7, 11) is 0. The van der Waals surface area contributed by atoms with E-state index in [2.05, 4.69) is 9.97 Å². The lowest BCUT2D eigenvalue weighted by Crippen LogP contribution is -2.37. The number of hydrogen-bond donors (Lipinski definition) is 1. The van der Waals surface area contributed by atoms with Crippen molar-refractivity contribution in [1.29, 1.82) is 0 Å². The largest absolute Gasteiger partial charge is 0.388 e. The molecule has 5 nitrogen and oxygen atoms in total. The maximum atomic E-state index is 12.3. The lowest BCUT2D eigenvalue weighted by molar-refractivity contribution is 0.0266. The molecule has 2 aromatic rings. The Kier molecular flexibility index (Phi) is 2.67. The van der Waals surface area contributed by atoms with Crippen LogP contribution in [0.1, 0.15) is 37.8 Å². The third kappa shape index (κ3) is 1.85. The van der Waals surface area contributed by atoms with E-state index in [1.165, 1.54) is 6.33 Å². The van der Waals surface area contributed by atoms with Crippen LogP contribution < -0.4 is 5.56 Å². The Morgan fingerprint density at radius 3 is 3.00 bits per heavy atom. The van der Waals surface area contributed by atoms with Crippen molar-refractivity contribution in [3.63, 3.8) is 0 Å². The fourth-order valence-electron chi connectivity index (χ4n) is 3.07. The minimum absolute atomic E-state index is 0.101. The molecule has 0 aliphatic heterocycles. The van der Waals surface area contributed by atoms with Crippen molar-refractivity contribution in [3.8, 4) is 0 Å². The number of aromatic nitrogens is 3. The number of fused-ring (bicyclic) bond motifs is 1. The molecule has 1 aliphatic carbocycles. The lowest BCUT2D eigenvalue weighted by Gasteiger charge is -2.28. The minimum Gasteiger partial charge on any atom is -0.388 e. The Balaban J connectivity index is 2.32. The molecule has 1 aliphatic rings. The van der Waals surface area contributed by atoms with Gasteiger partial charge in [-0.3, -0.25) is 9.36 Å². The van der Waals surface area contributed by atoms with E-state index in [0.29, 0.717) is 12.1 Å². The molecule has 0 bridgehead atoms. The molecule has 0 saturated heterocycles. The van der Waals surface area contributed by atoms with Gasteiger partial charge in [-0.2, -0.15) is 0 Å². The highest BCUT2D eigenvalue weighted by atomic mass is 16.3. The molecular formula is C14H17N3O2. The second kappa shape index (κ2) is 4.13. The van der Waals surface area contributed by atoms with Gasteiger partial charge in [0, 0.05) is 17.6 Å². The molecule has 1 fully saturated rings. The van der Waals surface area contributed by atoms with Crippen LogP contribution in [0.3, 0.4) is 0 Å². The summed E-state index contributed by atoms with van der Waals surface area (Å²) < 4.78 is 1.64. The molecular weight excluding hydrogens is 242 g/mol. The van der Waals surface area contributed by atoms with Gasteiger partial charge in [0.1, 0.15) is 12.0 Å². The summed E-state index contributed by atoms with van der Waals surface area (Å²) in [6, 6.07) is 1.39. The van der Waals surface area contributed by atoms with E-state index in [9.17, 15) is 9.90 Å². The molecule has 2 atom stereocenters. The van der Waals surface area contributed by atoms with Crippen LogP contribution in [0.2, 0.25) is 0 Å². The van der Waals surface area contributed by atoms with Crippen molar-refractivity contribution in [2.24, 2.45) is 0 Å². The standard InChI is InChI=1S/C14H17N3O2/c1-9-6-12(18)17(11-4-3-5-14(11,2)19)13-10(9)7-15-8-16-13/h6-8,11,19H,3-5H2,1-2H3/t11-,14-/m1/s1. The van der Waals surface area contributed by atoms with E-state index in [4.69, 9.17) is 0 Å². The van der Waals surface area contributed by atoms with Crippen LogP contribution in [-0.2, 0) is 0 Å². The van der Waals surface area contributed by atoms with Crippen LogP contribution in [0, 0.1) is 6.92 Å². The van der Waals surface area contributed by atoms with E-state index in [0.717, 1.165) is 23.8 Å². The van der Waals surface area contributed by atoms with Gasteiger partial charge in [-0.25, -0.2) is 9.97 Å². The summed E-state index contributed by atoms with van der Waals surface area (Å²) in [5.74, 6) is 0. The molecule has 0 spiro atoms. The molecule has 0 aromatic carbocycles. The predicted octanol–water partition coefficient (Wildman–Crippen LogP) is 1.58. The van der Waals surface area contributed by atoms with Crippen LogP contribution in [0.25, 0.3) is 11.0 Å². The number of nitrogens with zero attached hydrogens (tertiary/aromatic N) is 3. The van der Waals surface area contributed by atoms with E-state index in [-0.39, 0.29) is 11.6 Å². The summed E-state index contributed by atoms with van der Waals surface area (Å²) in [5, 5.41) is 11.3. The zero-order valence-corrected chi connectivity index (χ0v) is 11.1. The fraction of sp³-hybridized carbons (Fsp3) is 0.500. The first-order valence-corrected chi connectivity index (χ1v) is 6.55. The number of hydrogen-bond acceptors (Lipinski definition) is 4. The molecule has 0 unspecified atom stereocenters. The smallest absolute Gasteiger partial charge is 0.252 e. The quantitative estimate of drug-likeness (QED) is 0.844. The summed E-state index contributed by atoms with van der Waals surface area (Å²) in [6.07, 6.45) is 5.60. The summed E-state index contributed by atoms with van der Waals surface area (Å²) >= 11 is 0. The molecule has 1 saturated carbocycles. The van der Waals surface area contributed by atoms with Crippen molar-refractivity contribution in [2.75, 3.05) is 0 Å². The third-order valence-corrected chi connectivity index (χ3v) is 4.11. The second-order valence-corrected chi connectivity index (χ2v) is 5.56. The summed E-state index contributed by atoms with van der Waals surface area (Å²) in [6.45, 7) is 3.67. The number of rotatable bonds is 1. The van der Waals surface area contributed by atoms with E-state index >= 15 is 0 Å². The topological polar surface area (TPSA) is 68.0 Å². The third-order valence-electron chi connectivity index (χ3n) is 4.11. The molecule has 1 N–H and O–H groups in total. The van der Waals surface area contributed by atoms with Crippen LogP contribution >= 0.6 is 0 Å². The SMILES string of the molecule is Cc1cc(=O)n([C@@H]2CCC[C@@]2(C)O)c2ncncc12. The average molecular weight is 259 g/mol. The Labute approximate surface area is 110 Å². The fourth-order valence-corrected chi connectivity index (χ4v) is 3.07. The van der Waals surface area contributed by atoms with E-state index < -0.39 is 5.60 Å². The predicted molar refractivity (Wildman–Crippen MR) is 72.0 cm³/mol. The molecule has 2 aromatic heterocycles. The van der Waals surface area contributed by atoms with Gasteiger partial charge in [0.05, 0.1) is 11.6 Å². The highest BCUT2D eigenvalue weighted by molar-refractivity contribution is 5.77. The van der Waals surface area contributed by atoms with Crippen molar-refractivity contribution >= 4 is 11.0 Å². The number of aryl methyl sites for hydroxylation is 1. The first-order valence-electron chi connectivity index (χ1n) is 6.55.